The molecule has 2 rings (SSSR count). The number of aryl methyl sites for hydroxylation is 1. The first-order chi connectivity index (χ1) is 9.99. The number of carbonyl (C=O) groups is 2. The normalized spacial score (nSPS) is 10.2. The molecule has 0 atom stereocenters. The third-order valence-corrected chi connectivity index (χ3v) is 2.88. The van der Waals surface area contributed by atoms with Crippen molar-refractivity contribution in [2.45, 2.75) is 6.92 Å². The third kappa shape index (κ3) is 3.45. The molecule has 0 fully saturated rings. The summed E-state index contributed by atoms with van der Waals surface area (Å²) in [5.41, 5.74) is 0.593. The Morgan fingerprint density at radius 2 is 1.86 bits per heavy atom. The van der Waals surface area contributed by atoms with E-state index in [2.05, 4.69) is 0 Å². The average Bonchev–Trinajstić information content (AvgIpc) is 2.47. The maximum Gasteiger partial charge on any atom is 0.342 e. The molecule has 0 spiro atoms. The zero-order chi connectivity index (χ0) is 15.4. The molecule has 0 saturated carbocycles. The first-order valence-corrected chi connectivity index (χ1v) is 6.23. The number of phenols is 1. The Morgan fingerprint density at radius 3 is 2.57 bits per heavy atom. The van der Waals surface area contributed by atoms with Crippen LogP contribution >= 0.6 is 0 Å². The summed E-state index contributed by atoms with van der Waals surface area (Å²) in [6, 6.07) is 9.90. The SMILES string of the molecule is Cc1ccc(O)c(C(=O)OCC(=O)c2ccccc2F)c1. The van der Waals surface area contributed by atoms with E-state index in [0.717, 1.165) is 11.6 Å². The fourth-order valence-electron chi connectivity index (χ4n) is 1.79. The van der Waals surface area contributed by atoms with E-state index in [1.165, 1.54) is 30.3 Å². The molecule has 1 N–H and O–H groups in total. The van der Waals surface area contributed by atoms with Gasteiger partial charge in [-0.2, -0.15) is 0 Å². The van der Waals surface area contributed by atoms with Crippen LogP contribution in [0, 0.1) is 12.7 Å². The number of carbonyl (C=O) groups excluding carboxylic acids is 2. The van der Waals surface area contributed by atoms with Crippen molar-refractivity contribution in [3.05, 3.63) is 65.0 Å². The van der Waals surface area contributed by atoms with E-state index in [0.29, 0.717) is 0 Å². The quantitative estimate of drug-likeness (QED) is 0.694. The monoisotopic (exact) mass is 288 g/mol. The van der Waals surface area contributed by atoms with Crippen molar-refractivity contribution in [1.29, 1.82) is 0 Å². The molecule has 0 aromatic heterocycles. The number of hydrogen-bond acceptors (Lipinski definition) is 4. The Bertz CT molecular complexity index is 694. The fraction of sp³-hybridized carbons (Fsp3) is 0.125. The van der Waals surface area contributed by atoms with Crippen molar-refractivity contribution >= 4 is 11.8 Å². The van der Waals surface area contributed by atoms with E-state index < -0.39 is 24.2 Å². The minimum Gasteiger partial charge on any atom is -0.507 e. The average molecular weight is 288 g/mol. The minimum atomic E-state index is -0.833. The van der Waals surface area contributed by atoms with Crippen LogP contribution in [0.4, 0.5) is 4.39 Å². The van der Waals surface area contributed by atoms with Crippen LogP contribution < -0.4 is 0 Å². The van der Waals surface area contributed by atoms with Crippen molar-refractivity contribution < 1.29 is 23.8 Å². The van der Waals surface area contributed by atoms with E-state index in [4.69, 9.17) is 4.74 Å². The van der Waals surface area contributed by atoms with E-state index in [1.54, 1.807) is 13.0 Å². The van der Waals surface area contributed by atoms with Crippen LogP contribution in [0.1, 0.15) is 26.3 Å². The first kappa shape index (κ1) is 14.7. The largest absolute Gasteiger partial charge is 0.507 e. The second-order valence-electron chi connectivity index (χ2n) is 4.50. The summed E-state index contributed by atoms with van der Waals surface area (Å²) in [7, 11) is 0. The third-order valence-electron chi connectivity index (χ3n) is 2.88. The highest BCUT2D eigenvalue weighted by Gasteiger charge is 2.17. The number of hydrogen-bond donors (Lipinski definition) is 1. The molecular weight excluding hydrogens is 275 g/mol. The molecular formula is C16H13FO4. The van der Waals surface area contributed by atoms with Gasteiger partial charge in [0.05, 0.1) is 5.56 Å². The van der Waals surface area contributed by atoms with Crippen LogP contribution in [0.25, 0.3) is 0 Å². The molecule has 4 nitrogen and oxygen atoms in total. The number of esters is 1. The number of Topliss-reactive ketones (excluding diaryl/α,β-unsaturated/α-hetero) is 1. The number of benzene rings is 2. The number of phenolic OH excluding ortho intramolecular Hbond substituents is 1. The van der Waals surface area contributed by atoms with Crippen LogP contribution in [-0.2, 0) is 4.74 Å². The van der Waals surface area contributed by atoms with Gasteiger partial charge in [0, 0.05) is 0 Å². The molecule has 5 heteroatoms. The Labute approximate surface area is 120 Å². The van der Waals surface area contributed by atoms with Gasteiger partial charge in [0.15, 0.2) is 6.61 Å². The van der Waals surface area contributed by atoms with Gasteiger partial charge in [-0.25, -0.2) is 9.18 Å². The highest BCUT2D eigenvalue weighted by Crippen LogP contribution is 2.19. The highest BCUT2D eigenvalue weighted by atomic mass is 19.1. The predicted octanol–water partition coefficient (Wildman–Crippen LogP) is 2.88. The zero-order valence-electron chi connectivity index (χ0n) is 11.3. The topological polar surface area (TPSA) is 63.6 Å². The summed E-state index contributed by atoms with van der Waals surface area (Å²) in [5.74, 6) is -2.38. The molecule has 0 aliphatic carbocycles. The standard InChI is InChI=1S/C16H13FO4/c1-10-6-7-14(18)12(8-10)16(20)21-9-15(19)11-4-2-3-5-13(11)17/h2-8,18H,9H2,1H3. The summed E-state index contributed by atoms with van der Waals surface area (Å²) in [5, 5.41) is 9.59. The Morgan fingerprint density at radius 1 is 1.14 bits per heavy atom. The van der Waals surface area contributed by atoms with Crippen LogP contribution in [0.15, 0.2) is 42.5 Å². The number of ketones is 1. The summed E-state index contributed by atoms with van der Waals surface area (Å²) >= 11 is 0. The zero-order valence-corrected chi connectivity index (χ0v) is 11.3. The number of rotatable bonds is 4. The van der Waals surface area contributed by atoms with Gasteiger partial charge in [-0.05, 0) is 31.2 Å². The van der Waals surface area contributed by atoms with E-state index in [1.807, 2.05) is 0 Å². The second kappa shape index (κ2) is 6.17. The van der Waals surface area contributed by atoms with Crippen LogP contribution in [-0.4, -0.2) is 23.5 Å². The molecule has 2 aromatic rings. The molecule has 0 aliphatic rings. The lowest BCUT2D eigenvalue weighted by Gasteiger charge is -2.07. The molecule has 0 saturated heterocycles. The molecule has 0 aliphatic heterocycles. The summed E-state index contributed by atoms with van der Waals surface area (Å²) < 4.78 is 18.2. The van der Waals surface area contributed by atoms with Gasteiger partial charge >= 0.3 is 5.97 Å². The van der Waals surface area contributed by atoms with Crippen LogP contribution in [0.3, 0.4) is 0 Å². The van der Waals surface area contributed by atoms with Gasteiger partial charge < -0.3 is 9.84 Å². The van der Waals surface area contributed by atoms with Crippen LogP contribution in [0.2, 0.25) is 0 Å². The van der Waals surface area contributed by atoms with Crippen molar-refractivity contribution in [3.63, 3.8) is 0 Å². The maximum absolute atomic E-state index is 13.4. The maximum atomic E-state index is 13.4. The summed E-state index contributed by atoms with van der Waals surface area (Å²) in [6.45, 7) is 1.16. The predicted molar refractivity (Wildman–Crippen MR) is 73.9 cm³/mol. The molecule has 0 unspecified atom stereocenters. The second-order valence-corrected chi connectivity index (χ2v) is 4.50. The smallest absolute Gasteiger partial charge is 0.342 e. The first-order valence-electron chi connectivity index (χ1n) is 6.23. The molecule has 2 aromatic carbocycles. The summed E-state index contributed by atoms with van der Waals surface area (Å²) in [6.07, 6.45) is 0. The van der Waals surface area contributed by atoms with E-state index in [9.17, 15) is 19.1 Å². The van der Waals surface area contributed by atoms with Crippen molar-refractivity contribution in [2.75, 3.05) is 6.61 Å². The van der Waals surface area contributed by atoms with E-state index >= 15 is 0 Å². The number of halogens is 1. The molecule has 0 bridgehead atoms. The number of ether oxygens (including phenoxy) is 1. The van der Waals surface area contributed by atoms with Crippen LogP contribution in [0.5, 0.6) is 5.75 Å². The minimum absolute atomic E-state index is 0.0312. The lowest BCUT2D eigenvalue weighted by molar-refractivity contribution is 0.0470. The van der Waals surface area contributed by atoms with Crippen molar-refractivity contribution in [3.8, 4) is 5.75 Å². The van der Waals surface area contributed by atoms with Gasteiger partial charge in [-0.3, -0.25) is 4.79 Å². The van der Waals surface area contributed by atoms with Gasteiger partial charge in [0.25, 0.3) is 0 Å². The fourth-order valence-corrected chi connectivity index (χ4v) is 1.79. The Hall–Kier alpha value is -2.69. The van der Waals surface area contributed by atoms with E-state index in [-0.39, 0.29) is 16.9 Å². The number of aromatic hydroxyl groups is 1. The van der Waals surface area contributed by atoms with Gasteiger partial charge in [0.2, 0.25) is 5.78 Å². The van der Waals surface area contributed by atoms with Gasteiger partial charge in [-0.1, -0.05) is 23.8 Å². The molecule has 108 valence electrons. The van der Waals surface area contributed by atoms with Gasteiger partial charge in [0.1, 0.15) is 17.1 Å². The highest BCUT2D eigenvalue weighted by molar-refractivity contribution is 6.00. The molecule has 0 radical (unpaired) electrons. The molecule has 0 amide bonds. The molecule has 0 heterocycles. The van der Waals surface area contributed by atoms with Crippen molar-refractivity contribution in [2.24, 2.45) is 0 Å². The lowest BCUT2D eigenvalue weighted by Crippen LogP contribution is -2.15. The van der Waals surface area contributed by atoms with Gasteiger partial charge in [-0.15, -0.1) is 0 Å². The summed E-state index contributed by atoms with van der Waals surface area (Å²) in [4.78, 5) is 23.6. The lowest BCUT2D eigenvalue weighted by atomic mass is 10.1. The Balaban J connectivity index is 2.06. The van der Waals surface area contributed by atoms with Crippen molar-refractivity contribution in [1.82, 2.24) is 0 Å². The Kier molecular flexibility index (Phi) is 4.33. The molecule has 21 heavy (non-hydrogen) atoms.